The van der Waals surface area contributed by atoms with E-state index in [4.69, 9.17) is 27.9 Å². The van der Waals surface area contributed by atoms with Gasteiger partial charge in [0.15, 0.2) is 10.9 Å². The van der Waals surface area contributed by atoms with E-state index < -0.39 is 0 Å². The van der Waals surface area contributed by atoms with Crippen molar-refractivity contribution < 1.29 is 9.53 Å². The lowest BCUT2D eigenvalue weighted by molar-refractivity contribution is 0.102. The number of carbonyl (C=O) groups excluding carboxylic acids is 1. The first-order chi connectivity index (χ1) is 14.0. The third-order valence-electron chi connectivity index (χ3n) is 4.74. The first kappa shape index (κ1) is 20.2. The van der Waals surface area contributed by atoms with Crippen LogP contribution in [0.1, 0.15) is 26.5 Å². The van der Waals surface area contributed by atoms with Crippen LogP contribution >= 0.6 is 34.5 Å². The Morgan fingerprint density at radius 1 is 1.24 bits per heavy atom. The molecule has 0 unspecified atom stereocenters. The van der Waals surface area contributed by atoms with Crippen LogP contribution in [0.25, 0.3) is 0 Å². The fraction of sp³-hybridized carbons (Fsp3) is 0.238. The summed E-state index contributed by atoms with van der Waals surface area (Å²) in [6.45, 7) is 2.68. The molecule has 1 aromatic heterocycles. The number of ether oxygens (including phenoxy) is 1. The summed E-state index contributed by atoms with van der Waals surface area (Å²) >= 11 is 13.8. The lowest BCUT2D eigenvalue weighted by Crippen LogP contribution is -2.29. The first-order valence-corrected chi connectivity index (χ1v) is 10.7. The highest BCUT2D eigenvalue weighted by molar-refractivity contribution is 7.15. The van der Waals surface area contributed by atoms with E-state index in [0.717, 1.165) is 31.7 Å². The standard InChI is InChI=1S/C21H19Cl2N3O2S/c1-28-19-15(22)9-14(10-16(19)23)20(27)25-21-24-17-7-8-26(12-18(17)29-21)11-13-5-3-2-4-6-13/h2-6,9-10H,7-8,11-12H2,1H3,(H,24,25,27). The van der Waals surface area contributed by atoms with Crippen LogP contribution in [0.4, 0.5) is 5.13 Å². The molecule has 4 rings (SSSR count). The van der Waals surface area contributed by atoms with E-state index in [2.05, 4.69) is 39.5 Å². The number of rotatable bonds is 5. The van der Waals surface area contributed by atoms with Crippen LogP contribution in [0.2, 0.25) is 10.0 Å². The van der Waals surface area contributed by atoms with E-state index in [1.54, 1.807) is 0 Å². The van der Waals surface area contributed by atoms with E-state index in [1.807, 2.05) is 6.07 Å². The number of methoxy groups -OCH3 is 1. The van der Waals surface area contributed by atoms with E-state index >= 15 is 0 Å². The summed E-state index contributed by atoms with van der Waals surface area (Å²) < 4.78 is 5.13. The highest BCUT2D eigenvalue weighted by atomic mass is 35.5. The predicted octanol–water partition coefficient (Wildman–Crippen LogP) is 5.27. The number of anilines is 1. The SMILES string of the molecule is COc1c(Cl)cc(C(=O)Nc2nc3c(s2)CN(Cc2ccccc2)CC3)cc1Cl. The second-order valence-corrected chi connectivity index (χ2v) is 8.66. The number of thiazole rings is 1. The zero-order chi connectivity index (χ0) is 20.4. The van der Waals surface area contributed by atoms with Gasteiger partial charge in [-0.3, -0.25) is 15.0 Å². The van der Waals surface area contributed by atoms with Gasteiger partial charge in [-0.25, -0.2) is 4.98 Å². The maximum atomic E-state index is 12.6. The number of benzene rings is 2. The summed E-state index contributed by atoms with van der Waals surface area (Å²) in [6.07, 6.45) is 0.870. The molecular weight excluding hydrogens is 429 g/mol. The molecule has 2 aromatic carbocycles. The van der Waals surface area contributed by atoms with E-state index in [-0.39, 0.29) is 5.91 Å². The van der Waals surface area contributed by atoms with Crippen molar-refractivity contribution in [2.75, 3.05) is 19.0 Å². The van der Waals surface area contributed by atoms with Gasteiger partial charge >= 0.3 is 0 Å². The van der Waals surface area contributed by atoms with Crippen LogP contribution in [0, 0.1) is 0 Å². The molecule has 0 atom stereocenters. The number of carbonyl (C=O) groups is 1. The monoisotopic (exact) mass is 447 g/mol. The normalized spacial score (nSPS) is 13.8. The minimum Gasteiger partial charge on any atom is -0.494 e. The van der Waals surface area contributed by atoms with Crippen molar-refractivity contribution in [1.82, 2.24) is 9.88 Å². The molecule has 0 aliphatic carbocycles. The van der Waals surface area contributed by atoms with Crippen LogP contribution in [-0.2, 0) is 19.5 Å². The van der Waals surface area contributed by atoms with Crippen molar-refractivity contribution in [2.45, 2.75) is 19.5 Å². The summed E-state index contributed by atoms with van der Waals surface area (Å²) in [6, 6.07) is 13.5. The molecule has 29 heavy (non-hydrogen) atoms. The third-order valence-corrected chi connectivity index (χ3v) is 6.30. The van der Waals surface area contributed by atoms with Gasteiger partial charge in [-0.15, -0.1) is 11.3 Å². The van der Waals surface area contributed by atoms with Gasteiger partial charge in [0.2, 0.25) is 0 Å². The average Bonchev–Trinajstić information content (AvgIpc) is 3.10. The average molecular weight is 448 g/mol. The zero-order valence-corrected chi connectivity index (χ0v) is 18.1. The zero-order valence-electron chi connectivity index (χ0n) is 15.7. The largest absolute Gasteiger partial charge is 0.494 e. The van der Waals surface area contributed by atoms with E-state index in [9.17, 15) is 4.79 Å². The molecule has 0 spiro atoms. The maximum absolute atomic E-state index is 12.6. The van der Waals surface area contributed by atoms with Gasteiger partial charge in [-0.1, -0.05) is 53.5 Å². The summed E-state index contributed by atoms with van der Waals surface area (Å²) in [5, 5.41) is 4.03. The predicted molar refractivity (Wildman–Crippen MR) is 117 cm³/mol. The number of hydrogen-bond acceptors (Lipinski definition) is 5. The summed E-state index contributed by atoms with van der Waals surface area (Å²) in [7, 11) is 1.48. The fourth-order valence-corrected chi connectivity index (χ4v) is 5.02. The molecular formula is C21H19Cl2N3O2S. The molecule has 2 heterocycles. The van der Waals surface area contributed by atoms with Crippen molar-refractivity contribution in [3.8, 4) is 5.75 Å². The highest BCUT2D eigenvalue weighted by Crippen LogP contribution is 2.34. The number of nitrogens with zero attached hydrogens (tertiary/aromatic N) is 2. The van der Waals surface area contributed by atoms with Gasteiger partial charge in [0.25, 0.3) is 5.91 Å². The lowest BCUT2D eigenvalue weighted by Gasteiger charge is -2.25. The molecule has 5 nitrogen and oxygen atoms in total. The number of hydrogen-bond donors (Lipinski definition) is 1. The summed E-state index contributed by atoms with van der Waals surface area (Å²) in [5.74, 6) is 0.0526. The minimum atomic E-state index is -0.302. The molecule has 0 saturated heterocycles. The van der Waals surface area contributed by atoms with Gasteiger partial charge in [-0.05, 0) is 17.7 Å². The molecule has 0 fully saturated rings. The van der Waals surface area contributed by atoms with Crippen molar-refractivity contribution in [3.05, 3.63) is 74.2 Å². The van der Waals surface area contributed by atoms with Gasteiger partial charge < -0.3 is 4.74 Å². The molecule has 1 N–H and O–H groups in total. The minimum absolute atomic E-state index is 0.292. The van der Waals surface area contributed by atoms with Crippen LogP contribution in [0.3, 0.4) is 0 Å². The molecule has 1 aliphatic rings. The molecule has 3 aromatic rings. The second-order valence-electron chi connectivity index (χ2n) is 6.76. The summed E-state index contributed by atoms with van der Waals surface area (Å²) in [4.78, 5) is 20.8. The first-order valence-electron chi connectivity index (χ1n) is 9.12. The number of amides is 1. The maximum Gasteiger partial charge on any atom is 0.257 e. The Kier molecular flexibility index (Phi) is 6.06. The Morgan fingerprint density at radius 2 is 1.97 bits per heavy atom. The third kappa shape index (κ3) is 4.56. The van der Waals surface area contributed by atoms with Crippen molar-refractivity contribution in [2.24, 2.45) is 0 Å². The number of halogens is 2. The quantitative estimate of drug-likeness (QED) is 0.578. The lowest BCUT2D eigenvalue weighted by atomic mass is 10.1. The van der Waals surface area contributed by atoms with Crippen molar-refractivity contribution in [1.29, 1.82) is 0 Å². The second kappa shape index (κ2) is 8.71. The number of aromatic nitrogens is 1. The topological polar surface area (TPSA) is 54.5 Å². The van der Waals surface area contributed by atoms with E-state index in [1.165, 1.54) is 41.0 Å². The Bertz CT molecular complexity index is 1020. The molecule has 150 valence electrons. The molecule has 0 radical (unpaired) electrons. The molecule has 8 heteroatoms. The molecule has 1 amide bonds. The van der Waals surface area contributed by atoms with Gasteiger partial charge in [0, 0.05) is 36.5 Å². The number of fused-ring (bicyclic) bond motifs is 1. The summed E-state index contributed by atoms with van der Waals surface area (Å²) in [5.41, 5.74) is 2.71. The van der Waals surface area contributed by atoms with Crippen LogP contribution in [-0.4, -0.2) is 29.4 Å². The Labute approximate surface area is 183 Å². The van der Waals surface area contributed by atoms with E-state index in [0.29, 0.717) is 26.5 Å². The van der Waals surface area contributed by atoms with Crippen molar-refractivity contribution in [3.63, 3.8) is 0 Å². The Hall–Kier alpha value is -2.12. The van der Waals surface area contributed by atoms with Gasteiger partial charge in [0.05, 0.1) is 22.8 Å². The highest BCUT2D eigenvalue weighted by Gasteiger charge is 2.22. The van der Waals surface area contributed by atoms with Crippen LogP contribution in [0.15, 0.2) is 42.5 Å². The smallest absolute Gasteiger partial charge is 0.257 e. The van der Waals surface area contributed by atoms with Crippen LogP contribution in [0.5, 0.6) is 5.75 Å². The fourth-order valence-electron chi connectivity index (χ4n) is 3.33. The van der Waals surface area contributed by atoms with Gasteiger partial charge in [-0.2, -0.15) is 0 Å². The van der Waals surface area contributed by atoms with Crippen LogP contribution < -0.4 is 10.1 Å². The number of nitrogens with one attached hydrogen (secondary N) is 1. The molecule has 0 bridgehead atoms. The van der Waals surface area contributed by atoms with Crippen molar-refractivity contribution >= 4 is 45.6 Å². The molecule has 1 aliphatic heterocycles. The van der Waals surface area contributed by atoms with Gasteiger partial charge in [0.1, 0.15) is 0 Å². The Morgan fingerprint density at radius 3 is 2.66 bits per heavy atom. The molecule has 0 saturated carbocycles. The Balaban J connectivity index is 1.45.